The number of H-pyrrole nitrogens is 1. The topological polar surface area (TPSA) is 111 Å². The van der Waals surface area contributed by atoms with Crippen molar-refractivity contribution in [2.75, 3.05) is 0 Å². The normalized spacial score (nSPS) is 10.0. The quantitative estimate of drug-likeness (QED) is 0.725. The summed E-state index contributed by atoms with van der Waals surface area (Å²) in [5.74, 6) is -1.59. The number of hydrogen-bond acceptors (Lipinski definition) is 5. The first-order valence-corrected chi connectivity index (χ1v) is 4.26. The molecule has 16 heavy (non-hydrogen) atoms. The van der Waals surface area contributed by atoms with Gasteiger partial charge in [0.25, 0.3) is 11.8 Å². The maximum Gasteiger partial charge on any atom is 0.348 e. The number of hydrogen-bond donors (Lipinski definition) is 2. The molecule has 82 valence electrons. The number of esters is 1. The zero-order chi connectivity index (χ0) is 11.5. The van der Waals surface area contributed by atoms with Gasteiger partial charge in [-0.3, -0.25) is 4.79 Å². The number of nitrogens with zero attached hydrogens (tertiary/aromatic N) is 1. The van der Waals surface area contributed by atoms with E-state index in [0.717, 1.165) is 0 Å². The Kier molecular flexibility index (Phi) is 2.42. The van der Waals surface area contributed by atoms with Crippen molar-refractivity contribution in [3.63, 3.8) is 0 Å². The molecule has 0 aliphatic heterocycles. The third-order valence-corrected chi connectivity index (χ3v) is 1.80. The fourth-order valence-electron chi connectivity index (χ4n) is 1.06. The Morgan fingerprint density at radius 3 is 2.94 bits per heavy atom. The minimum Gasteiger partial charge on any atom is -0.472 e. The standard InChI is InChI=1S/C9H7N3O4/c10-7(13)6-8(12-4-11-6)16-9(14)5-1-2-15-3-5/h1-4H,(H2,10,13)(H,11,12). The lowest BCUT2D eigenvalue weighted by molar-refractivity contribution is 0.0725. The Morgan fingerprint density at radius 1 is 1.50 bits per heavy atom. The van der Waals surface area contributed by atoms with Gasteiger partial charge in [0.15, 0.2) is 5.69 Å². The van der Waals surface area contributed by atoms with Crippen LogP contribution in [0.2, 0.25) is 0 Å². The van der Waals surface area contributed by atoms with Crippen LogP contribution >= 0.6 is 0 Å². The van der Waals surface area contributed by atoms with Crippen molar-refractivity contribution < 1.29 is 18.7 Å². The Morgan fingerprint density at radius 2 is 2.31 bits per heavy atom. The third kappa shape index (κ3) is 1.78. The molecule has 0 aliphatic rings. The second-order valence-corrected chi connectivity index (χ2v) is 2.85. The number of nitrogens with one attached hydrogen (secondary N) is 1. The van der Waals surface area contributed by atoms with E-state index in [9.17, 15) is 9.59 Å². The van der Waals surface area contributed by atoms with Gasteiger partial charge in [-0.05, 0) is 6.07 Å². The number of aromatic amines is 1. The van der Waals surface area contributed by atoms with Crippen molar-refractivity contribution in [2.24, 2.45) is 5.73 Å². The van der Waals surface area contributed by atoms with Gasteiger partial charge in [0, 0.05) is 0 Å². The molecule has 0 bridgehead atoms. The maximum atomic E-state index is 11.5. The SMILES string of the molecule is NC(=O)c1[nH]cnc1OC(=O)c1ccoc1. The van der Waals surface area contributed by atoms with Crippen molar-refractivity contribution in [3.8, 4) is 5.88 Å². The van der Waals surface area contributed by atoms with E-state index < -0.39 is 11.9 Å². The number of nitrogens with two attached hydrogens (primary N) is 1. The Hall–Kier alpha value is -2.57. The average molecular weight is 221 g/mol. The molecule has 0 aromatic carbocycles. The number of amides is 1. The minimum atomic E-state index is -0.757. The van der Waals surface area contributed by atoms with Crippen LogP contribution in [0.4, 0.5) is 0 Å². The van der Waals surface area contributed by atoms with E-state index in [1.54, 1.807) is 0 Å². The van der Waals surface area contributed by atoms with Crippen molar-refractivity contribution in [1.82, 2.24) is 9.97 Å². The molecular weight excluding hydrogens is 214 g/mol. The molecule has 1 amide bonds. The lowest BCUT2D eigenvalue weighted by Gasteiger charge is -1.99. The second-order valence-electron chi connectivity index (χ2n) is 2.85. The van der Waals surface area contributed by atoms with Crippen molar-refractivity contribution >= 4 is 11.9 Å². The molecule has 0 atom stereocenters. The van der Waals surface area contributed by atoms with E-state index in [4.69, 9.17) is 14.9 Å². The van der Waals surface area contributed by atoms with Gasteiger partial charge in [-0.1, -0.05) is 0 Å². The lowest BCUT2D eigenvalue weighted by Crippen LogP contribution is -2.15. The highest BCUT2D eigenvalue weighted by Gasteiger charge is 2.17. The number of ether oxygens (including phenoxy) is 1. The highest BCUT2D eigenvalue weighted by atomic mass is 16.5. The largest absolute Gasteiger partial charge is 0.472 e. The van der Waals surface area contributed by atoms with Crippen LogP contribution in [-0.2, 0) is 0 Å². The monoisotopic (exact) mass is 221 g/mol. The van der Waals surface area contributed by atoms with Crippen LogP contribution in [0.25, 0.3) is 0 Å². The third-order valence-electron chi connectivity index (χ3n) is 1.80. The van der Waals surface area contributed by atoms with Gasteiger partial charge in [-0.2, -0.15) is 0 Å². The summed E-state index contributed by atoms with van der Waals surface area (Å²) in [5, 5.41) is 0. The maximum absolute atomic E-state index is 11.5. The van der Waals surface area contributed by atoms with E-state index in [2.05, 4.69) is 9.97 Å². The summed E-state index contributed by atoms with van der Waals surface area (Å²) in [7, 11) is 0. The van der Waals surface area contributed by atoms with E-state index in [-0.39, 0.29) is 17.1 Å². The van der Waals surface area contributed by atoms with Crippen molar-refractivity contribution in [3.05, 3.63) is 36.2 Å². The van der Waals surface area contributed by atoms with Crippen molar-refractivity contribution in [2.45, 2.75) is 0 Å². The number of imidazole rings is 1. The van der Waals surface area contributed by atoms with Gasteiger partial charge >= 0.3 is 5.97 Å². The molecule has 2 heterocycles. The molecular formula is C9H7N3O4. The van der Waals surface area contributed by atoms with Gasteiger partial charge in [-0.15, -0.1) is 0 Å². The van der Waals surface area contributed by atoms with Crippen LogP contribution in [0.5, 0.6) is 5.88 Å². The molecule has 0 aliphatic carbocycles. The predicted molar refractivity (Wildman–Crippen MR) is 50.8 cm³/mol. The summed E-state index contributed by atoms with van der Waals surface area (Å²) >= 11 is 0. The minimum absolute atomic E-state index is 0.0585. The molecule has 0 saturated heterocycles. The fourth-order valence-corrected chi connectivity index (χ4v) is 1.06. The van der Waals surface area contributed by atoms with Crippen LogP contribution in [0, 0.1) is 0 Å². The van der Waals surface area contributed by atoms with Gasteiger partial charge < -0.3 is 19.9 Å². The molecule has 7 nitrogen and oxygen atoms in total. The summed E-state index contributed by atoms with van der Waals surface area (Å²) in [4.78, 5) is 28.5. The smallest absolute Gasteiger partial charge is 0.348 e. The molecule has 0 fully saturated rings. The van der Waals surface area contributed by atoms with Gasteiger partial charge in [0.1, 0.15) is 6.26 Å². The predicted octanol–water partition coefficient (Wildman–Crippen LogP) is 0.321. The van der Waals surface area contributed by atoms with E-state index in [1.807, 2.05) is 0 Å². The summed E-state index contributed by atoms with van der Waals surface area (Å²) in [6, 6.07) is 1.43. The molecule has 7 heteroatoms. The lowest BCUT2D eigenvalue weighted by atomic mass is 10.3. The average Bonchev–Trinajstić information content (AvgIpc) is 2.86. The Balaban J connectivity index is 2.18. The number of rotatable bonds is 3. The van der Waals surface area contributed by atoms with Gasteiger partial charge in [-0.25, -0.2) is 9.78 Å². The van der Waals surface area contributed by atoms with Crippen molar-refractivity contribution in [1.29, 1.82) is 0 Å². The summed E-state index contributed by atoms with van der Waals surface area (Å²) in [6.07, 6.45) is 3.76. The Labute approximate surface area is 89.2 Å². The molecule has 0 saturated carbocycles. The van der Waals surface area contributed by atoms with Crippen LogP contribution in [0.3, 0.4) is 0 Å². The van der Waals surface area contributed by atoms with Crippen LogP contribution in [0.15, 0.2) is 29.3 Å². The van der Waals surface area contributed by atoms with Crippen LogP contribution < -0.4 is 10.5 Å². The molecule has 2 rings (SSSR count). The van der Waals surface area contributed by atoms with E-state index in [0.29, 0.717) is 0 Å². The first-order valence-electron chi connectivity index (χ1n) is 4.26. The summed E-state index contributed by atoms with van der Waals surface area (Å²) in [5.41, 5.74) is 5.20. The first kappa shape index (κ1) is 9.97. The molecule has 0 unspecified atom stereocenters. The Bertz CT molecular complexity index is 515. The fraction of sp³-hybridized carbons (Fsp3) is 0. The number of primary amides is 1. The number of carbonyl (C=O) groups excluding carboxylic acids is 2. The number of aromatic nitrogens is 2. The van der Waals surface area contributed by atoms with E-state index in [1.165, 1.54) is 24.9 Å². The summed E-state index contributed by atoms with van der Waals surface area (Å²) < 4.78 is 9.56. The first-order chi connectivity index (χ1) is 7.68. The second kappa shape index (κ2) is 3.89. The van der Waals surface area contributed by atoms with Gasteiger partial charge in [0.2, 0.25) is 0 Å². The molecule has 2 aromatic heterocycles. The molecule has 0 spiro atoms. The van der Waals surface area contributed by atoms with Gasteiger partial charge in [0.05, 0.1) is 18.2 Å². The zero-order valence-electron chi connectivity index (χ0n) is 7.97. The molecule has 2 aromatic rings. The van der Waals surface area contributed by atoms with Crippen LogP contribution in [0.1, 0.15) is 20.8 Å². The highest BCUT2D eigenvalue weighted by molar-refractivity contribution is 5.95. The molecule has 0 radical (unpaired) electrons. The molecule has 3 N–H and O–H groups in total. The summed E-state index contributed by atoms with van der Waals surface area (Å²) in [6.45, 7) is 0. The zero-order valence-corrected chi connectivity index (χ0v) is 7.97. The van der Waals surface area contributed by atoms with E-state index >= 15 is 0 Å². The highest BCUT2D eigenvalue weighted by Crippen LogP contribution is 2.14. The van der Waals surface area contributed by atoms with Crippen LogP contribution in [-0.4, -0.2) is 21.8 Å². The number of furan rings is 1. The number of carbonyl (C=O) groups is 2.